The Balaban J connectivity index is 1.47. The van der Waals surface area contributed by atoms with Gasteiger partial charge in [0, 0.05) is 48.9 Å². The highest BCUT2D eigenvalue weighted by Crippen LogP contribution is 2.50. The number of likely N-dealkylation sites (tertiary alicyclic amines) is 1. The second-order valence-corrected chi connectivity index (χ2v) is 9.13. The summed E-state index contributed by atoms with van der Waals surface area (Å²) in [5.74, 6) is 0.750. The van der Waals surface area contributed by atoms with Crippen molar-refractivity contribution in [2.24, 2.45) is 5.41 Å². The van der Waals surface area contributed by atoms with E-state index >= 15 is 0 Å². The number of hydrogen-bond donors (Lipinski definition) is 1. The number of morpholine rings is 1. The maximum absolute atomic E-state index is 13.7. The smallest absolute Gasteiger partial charge is 0.273 e. The summed E-state index contributed by atoms with van der Waals surface area (Å²) in [6.07, 6.45) is 5.91. The number of nitrogens with zero attached hydrogens (tertiary/aromatic N) is 4. The third kappa shape index (κ3) is 2.90. The fourth-order valence-electron chi connectivity index (χ4n) is 5.96. The fourth-order valence-corrected chi connectivity index (χ4v) is 5.96. The van der Waals surface area contributed by atoms with Gasteiger partial charge in [-0.15, -0.1) is 0 Å². The highest BCUT2D eigenvalue weighted by atomic mass is 16.5. The molecule has 1 aliphatic carbocycles. The Morgan fingerprint density at radius 1 is 1.25 bits per heavy atom. The van der Waals surface area contributed by atoms with Crippen LogP contribution in [0.15, 0.2) is 6.07 Å². The van der Waals surface area contributed by atoms with E-state index in [0.717, 1.165) is 38.2 Å². The number of fused-ring (bicyclic) bond motifs is 1. The lowest BCUT2D eigenvalue weighted by molar-refractivity contribution is 0.0622. The summed E-state index contributed by atoms with van der Waals surface area (Å²) in [4.78, 5) is 27.3. The maximum Gasteiger partial charge on any atom is 0.273 e. The van der Waals surface area contributed by atoms with Gasteiger partial charge in [0.05, 0.1) is 13.2 Å². The van der Waals surface area contributed by atoms with Gasteiger partial charge in [0.15, 0.2) is 0 Å². The van der Waals surface area contributed by atoms with Gasteiger partial charge >= 0.3 is 0 Å². The van der Waals surface area contributed by atoms with Gasteiger partial charge in [-0.25, -0.2) is 9.97 Å². The average molecular weight is 386 g/mol. The molecule has 1 aromatic rings. The lowest BCUT2D eigenvalue weighted by Crippen LogP contribution is -2.51. The van der Waals surface area contributed by atoms with Crippen LogP contribution in [0.1, 0.15) is 55.2 Å². The van der Waals surface area contributed by atoms with Gasteiger partial charge in [-0.2, -0.15) is 0 Å². The highest BCUT2D eigenvalue weighted by Gasteiger charge is 2.57. The largest absolute Gasteiger partial charge is 0.378 e. The summed E-state index contributed by atoms with van der Waals surface area (Å²) < 4.78 is 5.45. The number of aryl methyl sites for hydroxylation is 1. The Labute approximate surface area is 166 Å². The number of rotatable bonds is 2. The molecule has 4 aliphatic rings. The summed E-state index contributed by atoms with van der Waals surface area (Å²) >= 11 is 0. The van der Waals surface area contributed by atoms with Crippen molar-refractivity contribution in [3.8, 4) is 0 Å². The minimum Gasteiger partial charge on any atom is -0.378 e. The molecular weight excluding hydrogens is 354 g/mol. The summed E-state index contributed by atoms with van der Waals surface area (Å²) in [5.41, 5.74) is 1.58. The number of carbonyl (C=O) groups is 1. The molecule has 4 atom stereocenters. The standard InChI is InChI=1S/C21H31N5O2/c1-14-11-16(24-20(23-14)25-7-9-28-10-8-25)19(27)26-15-12-21(2)17(22-13-15)5-3-4-6-18(21)26/h11,15,17-18,22H,3-10,12-13H2,1-2H3/t15-,17+,18-,21+/m0/s1. The highest BCUT2D eigenvalue weighted by molar-refractivity contribution is 5.93. The van der Waals surface area contributed by atoms with Crippen molar-refractivity contribution in [2.45, 2.75) is 64.1 Å². The van der Waals surface area contributed by atoms with Crippen LogP contribution in [0.4, 0.5) is 5.95 Å². The lowest BCUT2D eigenvalue weighted by Gasteiger charge is -2.39. The summed E-state index contributed by atoms with van der Waals surface area (Å²) in [6, 6.07) is 2.98. The molecule has 1 aromatic heterocycles. The number of nitrogens with one attached hydrogen (secondary N) is 1. The van der Waals surface area contributed by atoms with E-state index in [2.05, 4.69) is 27.0 Å². The molecule has 152 valence electrons. The Bertz CT molecular complexity index is 765. The number of ether oxygens (including phenoxy) is 1. The first-order valence-electron chi connectivity index (χ1n) is 10.8. The van der Waals surface area contributed by atoms with Crippen LogP contribution in [0, 0.1) is 12.3 Å². The predicted octanol–water partition coefficient (Wildman–Crippen LogP) is 1.76. The van der Waals surface area contributed by atoms with Gasteiger partial charge < -0.3 is 19.9 Å². The number of aromatic nitrogens is 2. The van der Waals surface area contributed by atoms with E-state index in [1.54, 1.807) is 0 Å². The molecule has 1 amide bonds. The Hall–Kier alpha value is -1.73. The predicted molar refractivity (Wildman–Crippen MR) is 107 cm³/mol. The number of anilines is 1. The second-order valence-electron chi connectivity index (χ2n) is 9.13. The van der Waals surface area contributed by atoms with Crippen LogP contribution in [0.2, 0.25) is 0 Å². The van der Waals surface area contributed by atoms with Crippen molar-refractivity contribution < 1.29 is 9.53 Å². The molecule has 28 heavy (non-hydrogen) atoms. The lowest BCUT2D eigenvalue weighted by atomic mass is 9.72. The maximum atomic E-state index is 13.7. The van der Waals surface area contributed by atoms with Gasteiger partial charge in [-0.3, -0.25) is 4.79 Å². The van der Waals surface area contributed by atoms with E-state index in [1.807, 2.05) is 13.0 Å². The van der Waals surface area contributed by atoms with Crippen molar-refractivity contribution in [1.82, 2.24) is 20.2 Å². The molecule has 0 unspecified atom stereocenters. The quantitative estimate of drug-likeness (QED) is 0.837. The van der Waals surface area contributed by atoms with Gasteiger partial charge in [0.25, 0.3) is 5.91 Å². The minimum atomic E-state index is 0.0862. The molecule has 4 heterocycles. The van der Waals surface area contributed by atoms with E-state index < -0.39 is 0 Å². The van der Waals surface area contributed by atoms with Crippen LogP contribution in [0.5, 0.6) is 0 Å². The Morgan fingerprint density at radius 2 is 2.04 bits per heavy atom. The van der Waals surface area contributed by atoms with Crippen molar-refractivity contribution >= 4 is 11.9 Å². The van der Waals surface area contributed by atoms with Gasteiger partial charge in [0.2, 0.25) is 5.95 Å². The van der Waals surface area contributed by atoms with E-state index in [-0.39, 0.29) is 17.4 Å². The molecule has 5 rings (SSSR count). The zero-order valence-electron chi connectivity index (χ0n) is 17.0. The second kappa shape index (κ2) is 6.95. The number of carbonyl (C=O) groups excluding carboxylic acids is 1. The number of amides is 1. The number of piperidine rings is 1. The van der Waals surface area contributed by atoms with E-state index in [0.29, 0.717) is 36.9 Å². The monoisotopic (exact) mass is 385 g/mol. The SMILES string of the molecule is Cc1cc(C(=O)N2[C@@H]3CN[C@@H]4CCCC[C@H]2[C@]4(C)C3)nc(N2CCOCC2)n1. The Kier molecular flexibility index (Phi) is 4.55. The molecule has 1 saturated carbocycles. The first-order valence-corrected chi connectivity index (χ1v) is 10.8. The van der Waals surface area contributed by atoms with E-state index in [9.17, 15) is 4.79 Å². The van der Waals surface area contributed by atoms with Gasteiger partial charge in [-0.1, -0.05) is 19.8 Å². The zero-order chi connectivity index (χ0) is 19.3. The van der Waals surface area contributed by atoms with Gasteiger partial charge in [0.1, 0.15) is 5.69 Å². The normalized spacial score (nSPS) is 35.0. The summed E-state index contributed by atoms with van der Waals surface area (Å²) in [5, 5.41) is 3.75. The molecule has 3 saturated heterocycles. The molecule has 1 N–H and O–H groups in total. The van der Waals surface area contributed by atoms with Crippen LogP contribution >= 0.6 is 0 Å². The molecular formula is C21H31N5O2. The molecule has 7 nitrogen and oxygen atoms in total. The van der Waals surface area contributed by atoms with Crippen molar-refractivity contribution in [2.75, 3.05) is 37.7 Å². The fraction of sp³-hybridized carbons (Fsp3) is 0.762. The van der Waals surface area contributed by atoms with Crippen molar-refractivity contribution in [3.05, 3.63) is 17.5 Å². The third-order valence-electron chi connectivity index (χ3n) is 7.37. The van der Waals surface area contributed by atoms with Crippen LogP contribution in [0.25, 0.3) is 0 Å². The van der Waals surface area contributed by atoms with E-state index in [4.69, 9.17) is 9.72 Å². The average Bonchev–Trinajstić information content (AvgIpc) is 2.82. The summed E-state index contributed by atoms with van der Waals surface area (Å²) in [7, 11) is 0. The molecule has 0 radical (unpaired) electrons. The van der Waals surface area contributed by atoms with Crippen LogP contribution in [0.3, 0.4) is 0 Å². The molecule has 7 heteroatoms. The molecule has 3 aliphatic heterocycles. The Morgan fingerprint density at radius 3 is 2.86 bits per heavy atom. The first-order chi connectivity index (χ1) is 13.6. The number of hydrogen-bond acceptors (Lipinski definition) is 6. The topological polar surface area (TPSA) is 70.6 Å². The molecule has 2 bridgehead atoms. The van der Waals surface area contributed by atoms with E-state index in [1.165, 1.54) is 19.3 Å². The van der Waals surface area contributed by atoms with Crippen LogP contribution in [-0.2, 0) is 4.74 Å². The van der Waals surface area contributed by atoms with Crippen molar-refractivity contribution in [3.63, 3.8) is 0 Å². The van der Waals surface area contributed by atoms with Crippen LogP contribution < -0.4 is 10.2 Å². The molecule has 4 fully saturated rings. The van der Waals surface area contributed by atoms with Crippen LogP contribution in [-0.4, -0.2) is 71.7 Å². The molecule has 0 spiro atoms. The molecule has 0 aromatic carbocycles. The zero-order valence-corrected chi connectivity index (χ0v) is 17.0. The third-order valence-corrected chi connectivity index (χ3v) is 7.37. The first kappa shape index (κ1) is 18.3. The summed E-state index contributed by atoms with van der Waals surface area (Å²) in [6.45, 7) is 8.17. The van der Waals surface area contributed by atoms with Crippen molar-refractivity contribution in [1.29, 1.82) is 0 Å². The minimum absolute atomic E-state index is 0.0862. The van der Waals surface area contributed by atoms with Gasteiger partial charge in [-0.05, 0) is 32.3 Å².